The van der Waals surface area contributed by atoms with E-state index in [1.54, 1.807) is 36.4 Å². The largest absolute Gasteiger partial charge is 0.348 e. The van der Waals surface area contributed by atoms with Crippen molar-refractivity contribution in [3.05, 3.63) is 71.3 Å². The minimum atomic E-state index is -0.229. The van der Waals surface area contributed by atoms with Crippen molar-refractivity contribution in [3.63, 3.8) is 0 Å². The van der Waals surface area contributed by atoms with E-state index in [2.05, 4.69) is 5.32 Å². The summed E-state index contributed by atoms with van der Waals surface area (Å²) in [6, 6.07) is 15.9. The first-order valence-electron chi connectivity index (χ1n) is 7.90. The third-order valence-electron chi connectivity index (χ3n) is 4.21. The van der Waals surface area contributed by atoms with Crippen molar-refractivity contribution in [2.24, 2.45) is 11.7 Å². The van der Waals surface area contributed by atoms with Crippen molar-refractivity contribution < 1.29 is 9.59 Å². The Bertz CT molecular complexity index is 714. The molecule has 0 radical (unpaired) electrons. The fraction of sp³-hybridized carbons (Fsp3) is 0.263. The summed E-state index contributed by atoms with van der Waals surface area (Å²) in [5.74, 6) is 0.0974. The number of halogens is 1. The fourth-order valence-corrected chi connectivity index (χ4v) is 2.74. The molecule has 3 rings (SSSR count). The van der Waals surface area contributed by atoms with Crippen LogP contribution in [-0.4, -0.2) is 24.3 Å². The van der Waals surface area contributed by atoms with Gasteiger partial charge in [-0.2, -0.15) is 0 Å². The second-order valence-electron chi connectivity index (χ2n) is 5.89. The molecular weight excluding hydrogens is 324 g/mol. The van der Waals surface area contributed by atoms with E-state index in [4.69, 9.17) is 5.73 Å². The van der Waals surface area contributed by atoms with Gasteiger partial charge in [-0.15, -0.1) is 12.4 Å². The molecule has 0 saturated heterocycles. The highest BCUT2D eigenvalue weighted by molar-refractivity contribution is 6.15. The van der Waals surface area contributed by atoms with Gasteiger partial charge in [0.15, 0.2) is 5.78 Å². The van der Waals surface area contributed by atoms with Crippen LogP contribution in [0.25, 0.3) is 0 Å². The number of benzene rings is 2. The van der Waals surface area contributed by atoms with E-state index < -0.39 is 0 Å². The second kappa shape index (κ2) is 8.08. The first-order chi connectivity index (χ1) is 11.2. The van der Waals surface area contributed by atoms with Crippen LogP contribution in [0.4, 0.5) is 0 Å². The first-order valence-corrected chi connectivity index (χ1v) is 7.90. The van der Waals surface area contributed by atoms with Crippen LogP contribution < -0.4 is 11.1 Å². The summed E-state index contributed by atoms with van der Waals surface area (Å²) in [6.45, 7) is 0.422. The van der Waals surface area contributed by atoms with Gasteiger partial charge in [-0.25, -0.2) is 0 Å². The van der Waals surface area contributed by atoms with Gasteiger partial charge in [0.05, 0.1) is 5.56 Å². The molecule has 1 unspecified atom stereocenters. The molecule has 2 aromatic rings. The molecule has 0 spiro atoms. The van der Waals surface area contributed by atoms with Crippen LogP contribution >= 0.6 is 12.4 Å². The summed E-state index contributed by atoms with van der Waals surface area (Å²) in [5.41, 5.74) is 7.14. The maximum Gasteiger partial charge on any atom is 0.252 e. The molecule has 0 heterocycles. The van der Waals surface area contributed by atoms with Crippen molar-refractivity contribution in [1.82, 2.24) is 5.32 Å². The second-order valence-corrected chi connectivity index (χ2v) is 5.89. The third-order valence-corrected chi connectivity index (χ3v) is 4.21. The van der Waals surface area contributed by atoms with Crippen LogP contribution in [0.5, 0.6) is 0 Å². The summed E-state index contributed by atoms with van der Waals surface area (Å²) in [4.78, 5) is 25.3. The van der Waals surface area contributed by atoms with E-state index in [0.717, 1.165) is 12.8 Å². The highest BCUT2D eigenvalue weighted by atomic mass is 35.5. The Labute approximate surface area is 147 Å². The molecule has 24 heavy (non-hydrogen) atoms. The lowest BCUT2D eigenvalue weighted by molar-refractivity contribution is 0.0923. The van der Waals surface area contributed by atoms with Gasteiger partial charge < -0.3 is 11.1 Å². The normalized spacial score (nSPS) is 14.4. The van der Waals surface area contributed by atoms with Crippen molar-refractivity contribution in [2.75, 3.05) is 6.54 Å². The monoisotopic (exact) mass is 344 g/mol. The van der Waals surface area contributed by atoms with Gasteiger partial charge in [-0.3, -0.25) is 9.59 Å². The topological polar surface area (TPSA) is 72.2 Å². The molecule has 1 aliphatic carbocycles. The average molecular weight is 345 g/mol. The van der Waals surface area contributed by atoms with E-state index in [1.807, 2.05) is 18.2 Å². The summed E-state index contributed by atoms with van der Waals surface area (Å²) in [6.07, 6.45) is 2.21. The van der Waals surface area contributed by atoms with Crippen LogP contribution in [0.15, 0.2) is 54.6 Å². The number of ketones is 1. The number of carbonyl (C=O) groups is 2. The molecule has 1 aliphatic rings. The van der Waals surface area contributed by atoms with Crippen LogP contribution in [0.1, 0.15) is 39.1 Å². The number of carbonyl (C=O) groups excluding carboxylic acids is 2. The summed E-state index contributed by atoms with van der Waals surface area (Å²) in [7, 11) is 0. The zero-order valence-electron chi connectivity index (χ0n) is 13.3. The number of nitrogens with one attached hydrogen (secondary N) is 1. The first kappa shape index (κ1) is 18.2. The van der Waals surface area contributed by atoms with Crippen molar-refractivity contribution in [2.45, 2.75) is 18.9 Å². The Morgan fingerprint density at radius 2 is 1.58 bits per heavy atom. The SMILES string of the molecule is Cl.NCC(NC(=O)c1ccccc1C(=O)c1ccccc1)C1CC1. The Balaban J connectivity index is 0.00000208. The van der Waals surface area contributed by atoms with Crippen LogP contribution in [-0.2, 0) is 0 Å². The van der Waals surface area contributed by atoms with Crippen LogP contribution in [0.2, 0.25) is 0 Å². The Morgan fingerprint density at radius 3 is 2.17 bits per heavy atom. The molecular formula is C19H21ClN2O2. The van der Waals surface area contributed by atoms with E-state index >= 15 is 0 Å². The number of amides is 1. The lowest BCUT2D eigenvalue weighted by Crippen LogP contribution is -2.42. The molecule has 3 N–H and O–H groups in total. The smallest absolute Gasteiger partial charge is 0.252 e. The van der Waals surface area contributed by atoms with E-state index in [1.165, 1.54) is 0 Å². The van der Waals surface area contributed by atoms with Gasteiger partial charge in [-0.1, -0.05) is 48.5 Å². The van der Waals surface area contributed by atoms with E-state index in [9.17, 15) is 9.59 Å². The minimum Gasteiger partial charge on any atom is -0.348 e. The predicted octanol–water partition coefficient (Wildman–Crippen LogP) is 2.81. The lowest BCUT2D eigenvalue weighted by Gasteiger charge is -2.17. The molecule has 1 saturated carbocycles. The van der Waals surface area contributed by atoms with Gasteiger partial charge in [0.2, 0.25) is 0 Å². The van der Waals surface area contributed by atoms with Gasteiger partial charge in [0.25, 0.3) is 5.91 Å². The summed E-state index contributed by atoms with van der Waals surface area (Å²) in [5, 5.41) is 2.98. The molecule has 4 nitrogen and oxygen atoms in total. The summed E-state index contributed by atoms with van der Waals surface area (Å²) < 4.78 is 0. The van der Waals surface area contributed by atoms with Crippen LogP contribution in [0, 0.1) is 5.92 Å². The highest BCUT2D eigenvalue weighted by Crippen LogP contribution is 2.32. The molecule has 0 bridgehead atoms. The molecule has 0 aliphatic heterocycles. The molecule has 1 amide bonds. The van der Waals surface area contributed by atoms with Gasteiger partial charge in [0.1, 0.15) is 0 Å². The van der Waals surface area contributed by atoms with E-state index in [0.29, 0.717) is 29.2 Å². The molecule has 0 aromatic heterocycles. The number of rotatable bonds is 6. The Kier molecular flexibility index (Phi) is 6.12. The number of nitrogens with two attached hydrogens (primary N) is 1. The Hall–Kier alpha value is -2.17. The highest BCUT2D eigenvalue weighted by Gasteiger charge is 2.32. The average Bonchev–Trinajstić information content (AvgIpc) is 3.44. The quantitative estimate of drug-likeness (QED) is 0.791. The number of hydrogen-bond acceptors (Lipinski definition) is 3. The standard InChI is InChI=1S/C19H20N2O2.ClH/c20-12-17(13-10-11-13)21-19(23)16-9-5-4-8-15(16)18(22)14-6-2-1-3-7-14;/h1-9,13,17H,10-12,20H2,(H,21,23);1H. The Morgan fingerprint density at radius 1 is 1.00 bits per heavy atom. The zero-order chi connectivity index (χ0) is 16.2. The van der Waals surface area contributed by atoms with Gasteiger partial charge in [-0.05, 0) is 24.8 Å². The summed E-state index contributed by atoms with van der Waals surface area (Å²) >= 11 is 0. The van der Waals surface area contributed by atoms with E-state index in [-0.39, 0.29) is 30.1 Å². The molecule has 126 valence electrons. The third kappa shape index (κ3) is 4.02. The predicted molar refractivity (Wildman–Crippen MR) is 96.6 cm³/mol. The maximum absolute atomic E-state index is 12.7. The van der Waals surface area contributed by atoms with Crippen molar-refractivity contribution >= 4 is 24.1 Å². The van der Waals surface area contributed by atoms with Crippen molar-refractivity contribution in [1.29, 1.82) is 0 Å². The van der Waals surface area contributed by atoms with Gasteiger partial charge in [0, 0.05) is 23.7 Å². The lowest BCUT2D eigenvalue weighted by atomic mass is 9.97. The molecule has 1 fully saturated rings. The maximum atomic E-state index is 12.7. The van der Waals surface area contributed by atoms with Crippen LogP contribution in [0.3, 0.4) is 0 Å². The minimum absolute atomic E-state index is 0. The molecule has 2 aromatic carbocycles. The number of hydrogen-bond donors (Lipinski definition) is 2. The van der Waals surface area contributed by atoms with Gasteiger partial charge >= 0.3 is 0 Å². The van der Waals surface area contributed by atoms with Crippen molar-refractivity contribution in [3.8, 4) is 0 Å². The fourth-order valence-electron chi connectivity index (χ4n) is 2.74. The molecule has 1 atom stereocenters. The molecule has 5 heteroatoms. The zero-order valence-corrected chi connectivity index (χ0v) is 14.1.